The second-order valence-corrected chi connectivity index (χ2v) is 1.67. The molecule has 0 saturated carbocycles. The highest BCUT2D eigenvalue weighted by molar-refractivity contribution is 5.05. The summed E-state index contributed by atoms with van der Waals surface area (Å²) < 4.78 is 0. The van der Waals surface area contributed by atoms with Gasteiger partial charge in [0.15, 0.2) is 0 Å². The van der Waals surface area contributed by atoms with Crippen molar-refractivity contribution < 1.29 is 0 Å². The van der Waals surface area contributed by atoms with Crippen molar-refractivity contribution in [2.75, 3.05) is 0 Å². The van der Waals surface area contributed by atoms with Crippen LogP contribution in [0.5, 0.6) is 0 Å². The van der Waals surface area contributed by atoms with Crippen LogP contribution in [-0.4, -0.2) is 6.04 Å². The zero-order valence-corrected chi connectivity index (χ0v) is 5.78. The molecule has 0 saturated heterocycles. The second kappa shape index (κ2) is 6.13. The maximum absolute atomic E-state index is 8.38. The summed E-state index contributed by atoms with van der Waals surface area (Å²) in [6.45, 7) is 0. The predicted molar refractivity (Wildman–Crippen MR) is 37.5 cm³/mol. The van der Waals surface area contributed by atoms with Crippen LogP contribution in [0.25, 0.3) is 0 Å². The number of nitriles is 3. The molecule has 0 bridgehead atoms. The van der Waals surface area contributed by atoms with Crippen molar-refractivity contribution in [1.82, 2.24) is 5.32 Å². The zero-order valence-electron chi connectivity index (χ0n) is 5.78. The van der Waals surface area contributed by atoms with Crippen molar-refractivity contribution in [2.45, 2.75) is 12.5 Å². The van der Waals surface area contributed by atoms with Crippen LogP contribution in [0.4, 0.5) is 0 Å². The molecule has 1 N–H and O–H groups in total. The Bertz CT molecular complexity index is 247. The van der Waals surface area contributed by atoms with E-state index in [0.717, 1.165) is 0 Å². The fourth-order valence-electron chi connectivity index (χ4n) is 0.435. The van der Waals surface area contributed by atoms with Gasteiger partial charge in [0, 0.05) is 12.3 Å². The molecule has 1 unspecified atom stereocenters. The molecule has 0 spiro atoms. The normalized spacial score (nSPS) is 11.0. The quantitative estimate of drug-likeness (QED) is 0.585. The monoisotopic (exact) mass is 146 g/mol. The average Bonchev–Trinajstić information content (AvgIpc) is 2.03. The summed E-state index contributed by atoms with van der Waals surface area (Å²) in [5.41, 5.74) is 0. The fourth-order valence-corrected chi connectivity index (χ4v) is 0.435. The Morgan fingerprint density at radius 2 is 2.09 bits per heavy atom. The first kappa shape index (κ1) is 9.01. The molecule has 0 radical (unpaired) electrons. The molecule has 54 valence electrons. The van der Waals surface area contributed by atoms with Crippen LogP contribution in [0.15, 0.2) is 12.3 Å². The van der Waals surface area contributed by atoms with Crippen LogP contribution < -0.4 is 5.32 Å². The lowest BCUT2D eigenvalue weighted by Gasteiger charge is -2.01. The zero-order chi connectivity index (χ0) is 8.53. The number of hydrogen-bond donors (Lipinski definition) is 1. The summed E-state index contributed by atoms with van der Waals surface area (Å²) in [6, 6.07) is 4.94. The highest BCUT2D eigenvalue weighted by atomic mass is 14.9. The second-order valence-electron chi connectivity index (χ2n) is 1.67. The van der Waals surface area contributed by atoms with Crippen LogP contribution in [0.1, 0.15) is 6.42 Å². The molecular weight excluding hydrogens is 140 g/mol. The molecule has 4 nitrogen and oxygen atoms in total. The maximum Gasteiger partial charge on any atom is 0.127 e. The molecule has 0 aliphatic rings. The molecule has 0 aliphatic carbocycles. The highest BCUT2D eigenvalue weighted by Gasteiger charge is 2.00. The van der Waals surface area contributed by atoms with Crippen LogP contribution >= 0.6 is 0 Å². The van der Waals surface area contributed by atoms with Crippen molar-refractivity contribution in [3.8, 4) is 18.2 Å². The molecule has 0 aliphatic heterocycles. The highest BCUT2D eigenvalue weighted by Crippen LogP contribution is 1.86. The van der Waals surface area contributed by atoms with Gasteiger partial charge < -0.3 is 5.32 Å². The summed E-state index contributed by atoms with van der Waals surface area (Å²) in [4.78, 5) is 0. The van der Waals surface area contributed by atoms with Crippen molar-refractivity contribution in [3.05, 3.63) is 12.3 Å². The SMILES string of the molecule is N#C/C=C\NC(C#N)CC#N. The molecule has 0 aromatic heterocycles. The molecule has 0 aromatic carbocycles. The van der Waals surface area contributed by atoms with Gasteiger partial charge in [-0.2, -0.15) is 15.8 Å². The topological polar surface area (TPSA) is 83.4 Å². The number of allylic oxidation sites excluding steroid dienone is 1. The van der Waals surface area contributed by atoms with Gasteiger partial charge in [0.25, 0.3) is 0 Å². The smallest absolute Gasteiger partial charge is 0.127 e. The third kappa shape index (κ3) is 4.51. The molecule has 4 heteroatoms. The lowest BCUT2D eigenvalue weighted by atomic mass is 10.2. The fraction of sp³-hybridized carbons (Fsp3) is 0.286. The Morgan fingerprint density at radius 3 is 2.55 bits per heavy atom. The summed E-state index contributed by atoms with van der Waals surface area (Å²) in [6.07, 6.45) is 2.68. The minimum Gasteiger partial charge on any atom is -0.374 e. The molecule has 0 heterocycles. The van der Waals surface area contributed by atoms with Gasteiger partial charge in [0.05, 0.1) is 24.6 Å². The minimum atomic E-state index is -0.524. The average molecular weight is 146 g/mol. The lowest BCUT2D eigenvalue weighted by molar-refractivity contribution is 0.729. The van der Waals surface area contributed by atoms with E-state index in [1.807, 2.05) is 12.1 Å². The Morgan fingerprint density at radius 1 is 1.36 bits per heavy atom. The van der Waals surface area contributed by atoms with Crippen LogP contribution in [-0.2, 0) is 0 Å². The Balaban J connectivity index is 3.76. The van der Waals surface area contributed by atoms with Gasteiger partial charge in [0.2, 0.25) is 0 Å². The Labute approximate surface area is 65.0 Å². The number of nitrogens with zero attached hydrogens (tertiary/aromatic N) is 3. The molecule has 1 atom stereocenters. The number of nitrogens with one attached hydrogen (secondary N) is 1. The molecule has 0 amide bonds. The van der Waals surface area contributed by atoms with E-state index in [2.05, 4.69) is 5.32 Å². The third-order valence-corrected chi connectivity index (χ3v) is 0.907. The van der Waals surface area contributed by atoms with Crippen LogP contribution in [0.2, 0.25) is 0 Å². The largest absolute Gasteiger partial charge is 0.374 e. The summed E-state index contributed by atoms with van der Waals surface area (Å²) in [5.74, 6) is 0. The van der Waals surface area contributed by atoms with E-state index in [-0.39, 0.29) is 6.42 Å². The van der Waals surface area contributed by atoms with Gasteiger partial charge in [-0.15, -0.1) is 0 Å². The van der Waals surface area contributed by atoms with E-state index in [9.17, 15) is 0 Å². The standard InChI is InChI=1S/C7H6N4/c8-3-1-5-11-7(6-10)2-4-9/h1,5,7,11H,2H2/b5-1-. The summed E-state index contributed by atoms with van der Waals surface area (Å²) >= 11 is 0. The maximum atomic E-state index is 8.38. The van der Waals surface area contributed by atoms with Gasteiger partial charge in [-0.3, -0.25) is 0 Å². The van der Waals surface area contributed by atoms with E-state index in [1.54, 1.807) is 6.07 Å². The minimum absolute atomic E-state index is 0.117. The third-order valence-electron chi connectivity index (χ3n) is 0.907. The summed E-state index contributed by atoms with van der Waals surface area (Å²) in [5, 5.41) is 27.2. The van der Waals surface area contributed by atoms with Crippen molar-refractivity contribution >= 4 is 0 Å². The first-order chi connectivity index (χ1) is 5.35. The van der Waals surface area contributed by atoms with Gasteiger partial charge >= 0.3 is 0 Å². The van der Waals surface area contributed by atoms with Gasteiger partial charge in [-0.25, -0.2) is 0 Å². The van der Waals surface area contributed by atoms with Gasteiger partial charge in [-0.05, 0) is 0 Å². The Hall–Kier alpha value is -1.99. The van der Waals surface area contributed by atoms with E-state index in [1.165, 1.54) is 12.3 Å². The first-order valence-electron chi connectivity index (χ1n) is 2.92. The number of rotatable bonds is 3. The van der Waals surface area contributed by atoms with Crippen molar-refractivity contribution in [2.24, 2.45) is 0 Å². The van der Waals surface area contributed by atoms with Crippen molar-refractivity contribution in [3.63, 3.8) is 0 Å². The van der Waals surface area contributed by atoms with E-state index < -0.39 is 6.04 Å². The van der Waals surface area contributed by atoms with E-state index >= 15 is 0 Å². The van der Waals surface area contributed by atoms with Gasteiger partial charge in [-0.1, -0.05) is 0 Å². The molecule has 0 fully saturated rings. The van der Waals surface area contributed by atoms with E-state index in [4.69, 9.17) is 15.8 Å². The van der Waals surface area contributed by atoms with E-state index in [0.29, 0.717) is 0 Å². The lowest BCUT2D eigenvalue weighted by Crippen LogP contribution is -2.21. The van der Waals surface area contributed by atoms with Crippen LogP contribution in [0.3, 0.4) is 0 Å². The molecule has 0 rings (SSSR count). The Kier molecular flexibility index (Phi) is 5.02. The summed E-state index contributed by atoms with van der Waals surface area (Å²) in [7, 11) is 0. The number of hydrogen-bond acceptors (Lipinski definition) is 4. The molecule has 0 aromatic rings. The first-order valence-corrected chi connectivity index (χ1v) is 2.92. The van der Waals surface area contributed by atoms with Crippen molar-refractivity contribution in [1.29, 1.82) is 15.8 Å². The molecular formula is C7H6N4. The van der Waals surface area contributed by atoms with Gasteiger partial charge in [0.1, 0.15) is 6.04 Å². The van der Waals surface area contributed by atoms with Crippen LogP contribution in [0, 0.1) is 34.0 Å². The predicted octanol–water partition coefficient (Wildman–Crippen LogP) is 0.419. The molecule has 11 heavy (non-hydrogen) atoms.